The lowest BCUT2D eigenvalue weighted by Gasteiger charge is -2.39. The van der Waals surface area contributed by atoms with Crippen molar-refractivity contribution in [1.82, 2.24) is 10.2 Å². The van der Waals surface area contributed by atoms with Gasteiger partial charge in [-0.15, -0.1) is 0 Å². The normalized spacial score (nSPS) is 23.6. The average Bonchev–Trinajstić information content (AvgIpc) is 2.85. The van der Waals surface area contributed by atoms with Crippen molar-refractivity contribution in [3.05, 3.63) is 35.9 Å². The Bertz CT molecular complexity index is 553. The van der Waals surface area contributed by atoms with Crippen LogP contribution in [0.2, 0.25) is 0 Å². The van der Waals surface area contributed by atoms with Crippen molar-refractivity contribution in [2.75, 3.05) is 25.1 Å². The molecule has 118 valence electrons. The quantitative estimate of drug-likeness (QED) is 0.927. The van der Waals surface area contributed by atoms with Gasteiger partial charge in [0, 0.05) is 18.6 Å². The van der Waals surface area contributed by atoms with E-state index in [2.05, 4.69) is 5.32 Å². The monoisotopic (exact) mass is 318 g/mol. The molecule has 2 aliphatic heterocycles. The van der Waals surface area contributed by atoms with E-state index in [0.29, 0.717) is 5.75 Å². The lowest BCUT2D eigenvalue weighted by atomic mass is 9.82. The van der Waals surface area contributed by atoms with E-state index in [1.165, 1.54) is 0 Å². The molecule has 2 fully saturated rings. The topological polar surface area (TPSA) is 49.4 Å². The molecule has 0 saturated carbocycles. The fraction of sp³-hybridized carbons (Fsp3) is 0.529. The minimum Gasteiger partial charge on any atom is -0.350 e. The van der Waals surface area contributed by atoms with Gasteiger partial charge in [0.1, 0.15) is 0 Å². The molecule has 0 aliphatic carbocycles. The molecule has 4 nitrogen and oxygen atoms in total. The Labute approximate surface area is 135 Å². The number of nitrogens with zero attached hydrogens (tertiary/aromatic N) is 1. The minimum atomic E-state index is -0.117. The zero-order valence-corrected chi connectivity index (χ0v) is 13.7. The second-order valence-electron chi connectivity index (χ2n) is 6.25. The Balaban J connectivity index is 1.65. The van der Waals surface area contributed by atoms with Crippen molar-refractivity contribution in [2.24, 2.45) is 0 Å². The molecule has 0 aromatic heterocycles. The molecule has 3 rings (SSSR count). The SMILES string of the molecule is CSCC(=O)N1CCC2(CC1)CC(c1ccccc1)C(=O)N2. The van der Waals surface area contributed by atoms with Crippen LogP contribution in [0, 0.1) is 0 Å². The van der Waals surface area contributed by atoms with Gasteiger partial charge in [-0.05, 0) is 31.1 Å². The number of benzene rings is 1. The first kappa shape index (κ1) is 15.4. The first-order valence-corrected chi connectivity index (χ1v) is 9.17. The lowest BCUT2D eigenvalue weighted by molar-refractivity contribution is -0.130. The molecule has 2 heterocycles. The van der Waals surface area contributed by atoms with Crippen LogP contribution in [0.4, 0.5) is 0 Å². The van der Waals surface area contributed by atoms with Crippen LogP contribution in [0.1, 0.15) is 30.7 Å². The molecule has 1 aromatic carbocycles. The highest BCUT2D eigenvalue weighted by Crippen LogP contribution is 2.39. The van der Waals surface area contributed by atoms with Gasteiger partial charge in [-0.3, -0.25) is 9.59 Å². The summed E-state index contributed by atoms with van der Waals surface area (Å²) in [5, 5.41) is 3.23. The molecular weight excluding hydrogens is 296 g/mol. The van der Waals surface area contributed by atoms with Gasteiger partial charge >= 0.3 is 0 Å². The zero-order valence-electron chi connectivity index (χ0n) is 12.9. The number of carbonyl (C=O) groups is 2. The van der Waals surface area contributed by atoms with E-state index in [9.17, 15) is 9.59 Å². The smallest absolute Gasteiger partial charge is 0.232 e. The van der Waals surface area contributed by atoms with Crippen molar-refractivity contribution < 1.29 is 9.59 Å². The van der Waals surface area contributed by atoms with Crippen molar-refractivity contribution >= 4 is 23.6 Å². The number of amides is 2. The van der Waals surface area contributed by atoms with Crippen LogP contribution in [0.15, 0.2) is 30.3 Å². The van der Waals surface area contributed by atoms with Crippen LogP contribution in [0.5, 0.6) is 0 Å². The van der Waals surface area contributed by atoms with Gasteiger partial charge in [-0.2, -0.15) is 11.8 Å². The number of carbonyl (C=O) groups excluding carboxylic acids is 2. The molecule has 1 spiro atoms. The molecule has 5 heteroatoms. The van der Waals surface area contributed by atoms with E-state index in [-0.39, 0.29) is 23.3 Å². The second-order valence-corrected chi connectivity index (χ2v) is 7.12. The highest BCUT2D eigenvalue weighted by molar-refractivity contribution is 7.99. The van der Waals surface area contributed by atoms with E-state index < -0.39 is 0 Å². The van der Waals surface area contributed by atoms with Crippen LogP contribution in [0.3, 0.4) is 0 Å². The summed E-state index contributed by atoms with van der Waals surface area (Å²) < 4.78 is 0. The number of nitrogens with one attached hydrogen (secondary N) is 1. The first-order chi connectivity index (χ1) is 10.6. The van der Waals surface area contributed by atoms with Crippen LogP contribution >= 0.6 is 11.8 Å². The van der Waals surface area contributed by atoms with Crippen LogP contribution < -0.4 is 5.32 Å². The third-order valence-corrected chi connectivity index (χ3v) is 5.38. The molecular formula is C17H22N2O2S. The summed E-state index contributed by atoms with van der Waals surface area (Å²) in [5.74, 6) is 0.849. The maximum Gasteiger partial charge on any atom is 0.232 e. The van der Waals surface area contributed by atoms with Crippen LogP contribution in [-0.2, 0) is 9.59 Å². The fourth-order valence-corrected chi connectivity index (χ4v) is 4.00. The Morgan fingerprint density at radius 2 is 2.00 bits per heavy atom. The summed E-state index contributed by atoms with van der Waals surface area (Å²) in [7, 11) is 0. The van der Waals surface area contributed by atoms with E-state index in [1.807, 2.05) is 41.5 Å². The largest absolute Gasteiger partial charge is 0.350 e. The fourth-order valence-electron chi connectivity index (χ4n) is 3.57. The van der Waals surface area contributed by atoms with Crippen LogP contribution in [-0.4, -0.2) is 47.4 Å². The van der Waals surface area contributed by atoms with Gasteiger partial charge in [0.15, 0.2) is 0 Å². The number of likely N-dealkylation sites (tertiary alicyclic amines) is 1. The molecule has 22 heavy (non-hydrogen) atoms. The Kier molecular flexibility index (Phi) is 4.43. The summed E-state index contributed by atoms with van der Waals surface area (Å²) in [5.41, 5.74) is 0.978. The minimum absolute atomic E-state index is 0.0466. The van der Waals surface area contributed by atoms with Crippen molar-refractivity contribution in [3.8, 4) is 0 Å². The van der Waals surface area contributed by atoms with Gasteiger partial charge in [-0.1, -0.05) is 30.3 Å². The Morgan fingerprint density at radius 3 is 2.64 bits per heavy atom. The number of hydrogen-bond acceptors (Lipinski definition) is 3. The van der Waals surface area contributed by atoms with Gasteiger partial charge in [0.25, 0.3) is 0 Å². The number of hydrogen-bond donors (Lipinski definition) is 1. The molecule has 0 radical (unpaired) electrons. The number of piperidine rings is 1. The summed E-state index contributed by atoms with van der Waals surface area (Å²) >= 11 is 1.56. The highest BCUT2D eigenvalue weighted by Gasteiger charge is 2.46. The molecule has 0 bridgehead atoms. The van der Waals surface area contributed by atoms with Gasteiger partial charge in [-0.25, -0.2) is 0 Å². The molecule has 1 aromatic rings. The lowest BCUT2D eigenvalue weighted by Crippen LogP contribution is -2.52. The maximum absolute atomic E-state index is 12.4. The molecule has 1 N–H and O–H groups in total. The van der Waals surface area contributed by atoms with Crippen molar-refractivity contribution in [1.29, 1.82) is 0 Å². The standard InChI is InChI=1S/C17H22N2O2S/c1-22-12-15(20)19-9-7-17(8-10-19)11-14(16(21)18-17)13-5-3-2-4-6-13/h2-6,14H,7-12H2,1H3,(H,18,21). The molecule has 2 saturated heterocycles. The third kappa shape index (κ3) is 3.00. The maximum atomic E-state index is 12.4. The molecule has 1 atom stereocenters. The third-order valence-electron chi connectivity index (χ3n) is 4.84. The second kappa shape index (κ2) is 6.32. The van der Waals surface area contributed by atoms with Gasteiger partial charge in [0.05, 0.1) is 11.7 Å². The van der Waals surface area contributed by atoms with Crippen molar-refractivity contribution in [2.45, 2.75) is 30.7 Å². The summed E-state index contributed by atoms with van der Waals surface area (Å²) in [6, 6.07) is 10.00. The predicted molar refractivity (Wildman–Crippen MR) is 88.9 cm³/mol. The average molecular weight is 318 g/mol. The van der Waals surface area contributed by atoms with E-state index in [1.54, 1.807) is 11.8 Å². The number of thioether (sulfide) groups is 1. The molecule has 2 amide bonds. The van der Waals surface area contributed by atoms with E-state index >= 15 is 0 Å². The Hall–Kier alpha value is -1.49. The Morgan fingerprint density at radius 1 is 1.32 bits per heavy atom. The van der Waals surface area contributed by atoms with Crippen molar-refractivity contribution in [3.63, 3.8) is 0 Å². The van der Waals surface area contributed by atoms with Gasteiger partial charge < -0.3 is 10.2 Å². The van der Waals surface area contributed by atoms with E-state index in [0.717, 1.165) is 37.9 Å². The molecule has 1 unspecified atom stereocenters. The number of rotatable bonds is 3. The predicted octanol–water partition coefficient (Wildman–Crippen LogP) is 2.01. The molecule has 2 aliphatic rings. The highest BCUT2D eigenvalue weighted by atomic mass is 32.2. The first-order valence-electron chi connectivity index (χ1n) is 7.77. The zero-order chi connectivity index (χ0) is 15.6. The van der Waals surface area contributed by atoms with E-state index in [4.69, 9.17) is 0 Å². The summed E-state index contributed by atoms with van der Waals surface area (Å²) in [6.45, 7) is 1.50. The van der Waals surface area contributed by atoms with Gasteiger partial charge in [0.2, 0.25) is 11.8 Å². The van der Waals surface area contributed by atoms with Crippen LogP contribution in [0.25, 0.3) is 0 Å². The summed E-state index contributed by atoms with van der Waals surface area (Å²) in [6.07, 6.45) is 4.52. The summed E-state index contributed by atoms with van der Waals surface area (Å²) in [4.78, 5) is 26.3.